The lowest BCUT2D eigenvalue weighted by atomic mass is 9.86. The van der Waals surface area contributed by atoms with Crippen LogP contribution in [0.1, 0.15) is 44.8 Å². The van der Waals surface area contributed by atoms with Crippen LogP contribution in [0.4, 0.5) is 0 Å². The second-order valence-corrected chi connectivity index (χ2v) is 6.66. The molecule has 1 aromatic carbocycles. The maximum absolute atomic E-state index is 10.3. The van der Waals surface area contributed by atoms with Gasteiger partial charge in [0.1, 0.15) is 0 Å². The van der Waals surface area contributed by atoms with Crippen LogP contribution in [0, 0.1) is 11.8 Å². The third-order valence-corrected chi connectivity index (χ3v) is 4.90. The third kappa shape index (κ3) is 4.21. The van der Waals surface area contributed by atoms with Crippen molar-refractivity contribution >= 4 is 11.6 Å². The van der Waals surface area contributed by atoms with Crippen LogP contribution >= 0.6 is 11.6 Å². The van der Waals surface area contributed by atoms with Gasteiger partial charge < -0.3 is 10.0 Å². The minimum Gasteiger partial charge on any atom is -0.388 e. The van der Waals surface area contributed by atoms with Gasteiger partial charge in [0.2, 0.25) is 0 Å². The van der Waals surface area contributed by atoms with Crippen molar-refractivity contribution in [1.29, 1.82) is 0 Å². The summed E-state index contributed by atoms with van der Waals surface area (Å²) in [5.41, 5.74) is 0.853. The molecule has 1 saturated heterocycles. The minimum atomic E-state index is -0.452. The molecule has 112 valence electrons. The van der Waals surface area contributed by atoms with E-state index < -0.39 is 6.10 Å². The normalized spacial score (nSPS) is 19.4. The number of likely N-dealkylation sites (tertiary alicyclic amines) is 1. The highest BCUT2D eigenvalue weighted by molar-refractivity contribution is 6.31. The zero-order valence-electron chi connectivity index (χ0n) is 12.6. The van der Waals surface area contributed by atoms with E-state index in [9.17, 15) is 5.11 Å². The van der Waals surface area contributed by atoms with Gasteiger partial charge in [-0.1, -0.05) is 43.6 Å². The van der Waals surface area contributed by atoms with Gasteiger partial charge in [-0.15, -0.1) is 0 Å². The van der Waals surface area contributed by atoms with E-state index in [-0.39, 0.29) is 0 Å². The first-order valence-electron chi connectivity index (χ1n) is 7.72. The SMILES string of the molecule is CC(C)C1CCN(CCC(O)c2ccccc2Cl)CC1. The Labute approximate surface area is 127 Å². The van der Waals surface area contributed by atoms with Crippen LogP contribution in [0.15, 0.2) is 24.3 Å². The monoisotopic (exact) mass is 295 g/mol. The zero-order chi connectivity index (χ0) is 14.5. The van der Waals surface area contributed by atoms with Crippen molar-refractivity contribution < 1.29 is 5.11 Å². The molecule has 3 heteroatoms. The summed E-state index contributed by atoms with van der Waals surface area (Å²) in [5.74, 6) is 1.67. The predicted octanol–water partition coefficient (Wildman–Crippen LogP) is 4.13. The first kappa shape index (κ1) is 15.8. The summed E-state index contributed by atoms with van der Waals surface area (Å²) in [6.07, 6.45) is 2.89. The maximum atomic E-state index is 10.3. The topological polar surface area (TPSA) is 23.5 Å². The van der Waals surface area contributed by atoms with Crippen molar-refractivity contribution in [1.82, 2.24) is 4.90 Å². The molecule has 0 spiro atoms. The lowest BCUT2D eigenvalue weighted by molar-refractivity contribution is 0.114. The van der Waals surface area contributed by atoms with E-state index in [0.29, 0.717) is 5.02 Å². The molecule has 0 aliphatic carbocycles. The number of benzene rings is 1. The zero-order valence-corrected chi connectivity index (χ0v) is 13.3. The van der Waals surface area contributed by atoms with Crippen LogP contribution < -0.4 is 0 Å². The summed E-state index contributed by atoms with van der Waals surface area (Å²) in [6.45, 7) is 7.93. The summed E-state index contributed by atoms with van der Waals surface area (Å²) in [4.78, 5) is 2.47. The van der Waals surface area contributed by atoms with E-state index >= 15 is 0 Å². The fourth-order valence-corrected chi connectivity index (χ4v) is 3.31. The minimum absolute atomic E-state index is 0.452. The van der Waals surface area contributed by atoms with Gasteiger partial charge in [-0.2, -0.15) is 0 Å². The van der Waals surface area contributed by atoms with E-state index in [1.165, 1.54) is 12.8 Å². The lowest BCUT2D eigenvalue weighted by Crippen LogP contribution is -2.36. The van der Waals surface area contributed by atoms with E-state index in [4.69, 9.17) is 11.6 Å². The highest BCUT2D eigenvalue weighted by Gasteiger charge is 2.22. The van der Waals surface area contributed by atoms with Gasteiger partial charge in [0, 0.05) is 11.6 Å². The summed E-state index contributed by atoms with van der Waals surface area (Å²) in [6, 6.07) is 7.58. The standard InChI is InChI=1S/C17H26ClNO/c1-13(2)14-7-10-19(11-8-14)12-9-17(20)15-5-3-4-6-16(15)18/h3-6,13-14,17,20H,7-12H2,1-2H3. The molecule has 1 aliphatic rings. The molecule has 0 bridgehead atoms. The highest BCUT2D eigenvalue weighted by Crippen LogP contribution is 2.27. The number of hydrogen-bond acceptors (Lipinski definition) is 2. The van der Waals surface area contributed by atoms with E-state index in [2.05, 4.69) is 18.7 Å². The van der Waals surface area contributed by atoms with E-state index in [0.717, 1.165) is 43.5 Å². The van der Waals surface area contributed by atoms with Crippen molar-refractivity contribution in [2.45, 2.75) is 39.2 Å². The van der Waals surface area contributed by atoms with Crippen LogP contribution in [0.3, 0.4) is 0 Å². The molecule has 1 unspecified atom stereocenters. The molecular formula is C17H26ClNO. The van der Waals surface area contributed by atoms with Gasteiger partial charge in [-0.3, -0.25) is 0 Å². The molecule has 0 aromatic heterocycles. The fourth-order valence-electron chi connectivity index (χ4n) is 3.05. The molecule has 0 amide bonds. The number of hydrogen-bond donors (Lipinski definition) is 1. The predicted molar refractivity (Wildman–Crippen MR) is 85.0 cm³/mol. The Morgan fingerprint density at radius 3 is 2.50 bits per heavy atom. The number of nitrogens with zero attached hydrogens (tertiary/aromatic N) is 1. The van der Waals surface area contributed by atoms with Gasteiger partial charge in [0.05, 0.1) is 6.10 Å². The average molecular weight is 296 g/mol. The summed E-state index contributed by atoms with van der Waals surface area (Å²) < 4.78 is 0. The van der Waals surface area contributed by atoms with Crippen LogP contribution in [0.25, 0.3) is 0 Å². The Bertz CT molecular complexity index is 413. The van der Waals surface area contributed by atoms with Gasteiger partial charge in [-0.25, -0.2) is 0 Å². The molecule has 20 heavy (non-hydrogen) atoms. The van der Waals surface area contributed by atoms with Crippen LogP contribution in [0.5, 0.6) is 0 Å². The van der Waals surface area contributed by atoms with Gasteiger partial charge in [0.25, 0.3) is 0 Å². The molecule has 2 nitrogen and oxygen atoms in total. The van der Waals surface area contributed by atoms with Crippen molar-refractivity contribution in [2.75, 3.05) is 19.6 Å². The van der Waals surface area contributed by atoms with Gasteiger partial charge >= 0.3 is 0 Å². The summed E-state index contributed by atoms with van der Waals surface area (Å²) >= 11 is 6.12. The number of halogens is 1. The van der Waals surface area contributed by atoms with Crippen molar-refractivity contribution in [3.05, 3.63) is 34.9 Å². The molecule has 2 rings (SSSR count). The first-order chi connectivity index (χ1) is 9.58. The molecular weight excluding hydrogens is 270 g/mol. The first-order valence-corrected chi connectivity index (χ1v) is 8.10. The van der Waals surface area contributed by atoms with Crippen LogP contribution in [-0.2, 0) is 0 Å². The van der Waals surface area contributed by atoms with Crippen molar-refractivity contribution in [2.24, 2.45) is 11.8 Å². The maximum Gasteiger partial charge on any atom is 0.0816 e. The largest absolute Gasteiger partial charge is 0.388 e. The average Bonchev–Trinajstić information content (AvgIpc) is 2.45. The lowest BCUT2D eigenvalue weighted by Gasteiger charge is -2.34. The Morgan fingerprint density at radius 2 is 1.90 bits per heavy atom. The molecule has 1 fully saturated rings. The molecule has 1 aromatic rings. The molecule has 1 atom stereocenters. The number of aliphatic hydroxyl groups is 1. The molecule has 0 saturated carbocycles. The molecule has 1 N–H and O–H groups in total. The van der Waals surface area contributed by atoms with Crippen LogP contribution in [-0.4, -0.2) is 29.6 Å². The summed E-state index contributed by atoms with van der Waals surface area (Å²) in [5, 5.41) is 10.9. The van der Waals surface area contributed by atoms with Crippen LogP contribution in [0.2, 0.25) is 5.02 Å². The molecule has 0 radical (unpaired) electrons. The van der Waals surface area contributed by atoms with Crippen molar-refractivity contribution in [3.8, 4) is 0 Å². The number of piperidine rings is 1. The molecule has 1 heterocycles. The summed E-state index contributed by atoms with van der Waals surface area (Å²) in [7, 11) is 0. The Balaban J connectivity index is 1.78. The smallest absolute Gasteiger partial charge is 0.0816 e. The quantitative estimate of drug-likeness (QED) is 0.883. The molecule has 1 aliphatic heterocycles. The second kappa shape index (κ2) is 7.44. The van der Waals surface area contributed by atoms with E-state index in [1.54, 1.807) is 0 Å². The van der Waals surface area contributed by atoms with Gasteiger partial charge in [0.15, 0.2) is 0 Å². The Morgan fingerprint density at radius 1 is 1.25 bits per heavy atom. The van der Waals surface area contributed by atoms with E-state index in [1.807, 2.05) is 24.3 Å². The van der Waals surface area contributed by atoms with Gasteiger partial charge in [-0.05, 0) is 55.8 Å². The number of rotatable bonds is 5. The third-order valence-electron chi connectivity index (χ3n) is 4.56. The Kier molecular flexibility index (Phi) is 5.88. The number of aliphatic hydroxyl groups excluding tert-OH is 1. The Hall–Kier alpha value is -0.570. The fraction of sp³-hybridized carbons (Fsp3) is 0.647. The van der Waals surface area contributed by atoms with Crippen molar-refractivity contribution in [3.63, 3.8) is 0 Å². The second-order valence-electron chi connectivity index (χ2n) is 6.25. The highest BCUT2D eigenvalue weighted by atomic mass is 35.5.